The molecule has 2 aliphatic heterocycles. The summed E-state index contributed by atoms with van der Waals surface area (Å²) in [6, 6.07) is 4.63. The van der Waals surface area contributed by atoms with Crippen molar-refractivity contribution in [2.75, 3.05) is 39.9 Å². The lowest BCUT2D eigenvalue weighted by atomic mass is 9.64. The van der Waals surface area contributed by atoms with Gasteiger partial charge in [-0.15, -0.1) is 0 Å². The number of amides is 1. The summed E-state index contributed by atoms with van der Waals surface area (Å²) in [5, 5.41) is 0. The van der Waals surface area contributed by atoms with E-state index >= 15 is 0 Å². The van der Waals surface area contributed by atoms with Crippen LogP contribution in [0.25, 0.3) is 0 Å². The highest BCUT2D eigenvalue weighted by Gasteiger charge is 2.51. The summed E-state index contributed by atoms with van der Waals surface area (Å²) in [4.78, 5) is 21.1. The molecule has 1 aliphatic carbocycles. The fourth-order valence-electron chi connectivity index (χ4n) is 5.26. The van der Waals surface area contributed by atoms with Crippen LogP contribution in [-0.2, 0) is 4.74 Å². The number of pyridine rings is 1. The van der Waals surface area contributed by atoms with E-state index in [2.05, 4.69) is 9.88 Å². The van der Waals surface area contributed by atoms with Crippen LogP contribution in [0.15, 0.2) is 18.3 Å². The number of methoxy groups -OCH3 is 1. The molecule has 6 nitrogen and oxygen atoms in total. The summed E-state index contributed by atoms with van der Waals surface area (Å²) in [7, 11) is 1.73. The van der Waals surface area contributed by atoms with E-state index in [9.17, 15) is 4.79 Å². The lowest BCUT2D eigenvalue weighted by Gasteiger charge is -2.51. The fourth-order valence-corrected chi connectivity index (χ4v) is 5.26. The van der Waals surface area contributed by atoms with E-state index in [0.29, 0.717) is 24.0 Å². The first-order valence-electron chi connectivity index (χ1n) is 10.3. The van der Waals surface area contributed by atoms with Gasteiger partial charge in [0.15, 0.2) is 0 Å². The van der Waals surface area contributed by atoms with Crippen molar-refractivity contribution < 1.29 is 14.3 Å². The van der Waals surface area contributed by atoms with Crippen molar-refractivity contribution in [1.82, 2.24) is 14.8 Å². The summed E-state index contributed by atoms with van der Waals surface area (Å²) in [6.45, 7) is 6.32. The maximum Gasteiger partial charge on any atom is 0.409 e. The second-order valence-corrected chi connectivity index (χ2v) is 8.33. The molecule has 1 spiro atoms. The number of nitrogens with zero attached hydrogens (tertiary/aromatic N) is 3. The molecule has 1 amide bonds. The Morgan fingerprint density at radius 3 is 2.78 bits per heavy atom. The topological polar surface area (TPSA) is 54.9 Å². The number of rotatable bonds is 4. The number of likely N-dealkylation sites (tertiary alicyclic amines) is 2. The third-order valence-corrected chi connectivity index (χ3v) is 6.75. The predicted octanol–water partition coefficient (Wildman–Crippen LogP) is 3.28. The summed E-state index contributed by atoms with van der Waals surface area (Å²) in [5.74, 6) is 1.42. The smallest absolute Gasteiger partial charge is 0.409 e. The van der Waals surface area contributed by atoms with Gasteiger partial charge in [-0.2, -0.15) is 0 Å². The van der Waals surface area contributed by atoms with Gasteiger partial charge in [0, 0.05) is 31.2 Å². The zero-order valence-electron chi connectivity index (χ0n) is 16.5. The number of hydrogen-bond donors (Lipinski definition) is 0. The number of aromatic nitrogens is 1. The predicted molar refractivity (Wildman–Crippen MR) is 103 cm³/mol. The van der Waals surface area contributed by atoms with E-state index in [1.807, 2.05) is 30.2 Å². The first-order chi connectivity index (χ1) is 13.1. The van der Waals surface area contributed by atoms with Crippen LogP contribution in [0.3, 0.4) is 0 Å². The minimum absolute atomic E-state index is 0.136. The second-order valence-electron chi connectivity index (χ2n) is 8.33. The fraction of sp³-hybridized carbons (Fsp3) is 0.714. The number of carbonyl (C=O) groups excluding carboxylic acids is 1. The Morgan fingerprint density at radius 2 is 2.07 bits per heavy atom. The first-order valence-corrected chi connectivity index (χ1v) is 10.3. The van der Waals surface area contributed by atoms with Gasteiger partial charge in [0.1, 0.15) is 5.75 Å². The molecule has 0 aromatic carbocycles. The molecule has 3 fully saturated rings. The van der Waals surface area contributed by atoms with E-state index in [1.54, 1.807) is 7.11 Å². The third-order valence-electron chi connectivity index (χ3n) is 6.75. The van der Waals surface area contributed by atoms with Gasteiger partial charge in [-0.3, -0.25) is 4.98 Å². The van der Waals surface area contributed by atoms with Crippen molar-refractivity contribution >= 4 is 6.09 Å². The highest BCUT2D eigenvalue weighted by molar-refractivity contribution is 5.68. The molecule has 0 N–H and O–H groups in total. The van der Waals surface area contributed by atoms with Crippen molar-refractivity contribution in [2.24, 2.45) is 5.41 Å². The molecule has 1 saturated carbocycles. The number of piperidine rings is 1. The van der Waals surface area contributed by atoms with Gasteiger partial charge in [-0.05, 0) is 69.7 Å². The Morgan fingerprint density at radius 1 is 1.30 bits per heavy atom. The molecule has 27 heavy (non-hydrogen) atoms. The summed E-state index contributed by atoms with van der Waals surface area (Å²) in [5.41, 5.74) is 1.46. The molecule has 0 bridgehead atoms. The largest absolute Gasteiger partial charge is 0.495 e. The molecule has 0 radical (unpaired) electrons. The molecule has 2 saturated heterocycles. The van der Waals surface area contributed by atoms with Gasteiger partial charge in [0.25, 0.3) is 0 Å². The van der Waals surface area contributed by atoms with Gasteiger partial charge < -0.3 is 19.3 Å². The number of ether oxygens (including phenoxy) is 2. The summed E-state index contributed by atoms with van der Waals surface area (Å²) in [6.07, 6.45) is 7.60. The van der Waals surface area contributed by atoms with Crippen molar-refractivity contribution in [2.45, 2.75) is 51.0 Å². The Labute approximate surface area is 161 Å². The highest BCUT2D eigenvalue weighted by Crippen LogP contribution is 2.51. The second kappa shape index (κ2) is 7.66. The maximum absolute atomic E-state index is 12.0. The molecule has 148 valence electrons. The Hall–Kier alpha value is -1.82. The van der Waals surface area contributed by atoms with Crippen LogP contribution in [-0.4, -0.2) is 66.8 Å². The standard InChI is InChI=1S/C21H31N3O3/c1-3-27-20(25)24-12-8-21(15-24)13-17(14-21)23-10-6-16(7-11-23)19-18(26-2)5-4-9-22-19/h4-5,9,16-17H,3,6-8,10-15H2,1-2H3. The first kappa shape index (κ1) is 18.5. The van der Waals surface area contributed by atoms with E-state index < -0.39 is 0 Å². The van der Waals surface area contributed by atoms with E-state index in [-0.39, 0.29) is 6.09 Å². The van der Waals surface area contributed by atoms with Gasteiger partial charge in [-0.1, -0.05) is 0 Å². The van der Waals surface area contributed by atoms with E-state index in [4.69, 9.17) is 9.47 Å². The molecule has 3 aliphatic rings. The van der Waals surface area contributed by atoms with Crippen molar-refractivity contribution in [3.05, 3.63) is 24.0 Å². The third kappa shape index (κ3) is 3.64. The SMILES string of the molecule is CCOC(=O)N1CCC2(CC(N3CCC(c4ncccc4OC)CC3)C2)C1. The Bertz CT molecular complexity index is 666. The van der Waals surface area contributed by atoms with Crippen molar-refractivity contribution in [3.8, 4) is 5.75 Å². The Balaban J connectivity index is 1.27. The monoisotopic (exact) mass is 373 g/mol. The molecule has 4 rings (SSSR count). The minimum Gasteiger partial charge on any atom is -0.495 e. The molecule has 1 aromatic rings. The normalized spacial score (nSPS) is 29.0. The van der Waals surface area contributed by atoms with Crippen molar-refractivity contribution in [3.63, 3.8) is 0 Å². The summed E-state index contributed by atoms with van der Waals surface area (Å²) < 4.78 is 10.7. The van der Waals surface area contributed by atoms with Crippen molar-refractivity contribution in [1.29, 1.82) is 0 Å². The maximum atomic E-state index is 12.0. The van der Waals surface area contributed by atoms with Crippen LogP contribution in [0.4, 0.5) is 4.79 Å². The molecule has 1 aromatic heterocycles. The quantitative estimate of drug-likeness (QED) is 0.811. The lowest BCUT2D eigenvalue weighted by Crippen LogP contribution is -2.54. The molecule has 3 heterocycles. The van der Waals surface area contributed by atoms with Crippen LogP contribution < -0.4 is 4.74 Å². The zero-order valence-corrected chi connectivity index (χ0v) is 16.5. The molecule has 6 heteroatoms. The Kier molecular flexibility index (Phi) is 5.26. The van der Waals surface area contributed by atoms with Gasteiger partial charge in [0.2, 0.25) is 0 Å². The number of carbonyl (C=O) groups is 1. The van der Waals surface area contributed by atoms with Gasteiger partial charge in [-0.25, -0.2) is 4.79 Å². The number of hydrogen-bond acceptors (Lipinski definition) is 5. The van der Waals surface area contributed by atoms with Gasteiger partial charge in [0.05, 0.1) is 19.4 Å². The van der Waals surface area contributed by atoms with E-state index in [1.165, 1.54) is 12.8 Å². The van der Waals surface area contributed by atoms with Crippen LogP contribution >= 0.6 is 0 Å². The van der Waals surface area contributed by atoms with Crippen LogP contribution in [0.2, 0.25) is 0 Å². The minimum atomic E-state index is -0.136. The molecule has 0 atom stereocenters. The molecule has 0 unspecified atom stereocenters. The molecular formula is C21H31N3O3. The van der Waals surface area contributed by atoms with Crippen LogP contribution in [0, 0.1) is 5.41 Å². The van der Waals surface area contributed by atoms with Gasteiger partial charge >= 0.3 is 6.09 Å². The lowest BCUT2D eigenvalue weighted by molar-refractivity contribution is -0.00497. The summed E-state index contributed by atoms with van der Waals surface area (Å²) >= 11 is 0. The average molecular weight is 373 g/mol. The van der Waals surface area contributed by atoms with E-state index in [0.717, 1.165) is 56.9 Å². The van der Waals surface area contributed by atoms with Crippen LogP contribution in [0.1, 0.15) is 50.6 Å². The van der Waals surface area contributed by atoms with Crippen LogP contribution in [0.5, 0.6) is 5.75 Å². The highest BCUT2D eigenvalue weighted by atomic mass is 16.6. The zero-order chi connectivity index (χ0) is 18.9. The molecular weight excluding hydrogens is 342 g/mol. The average Bonchev–Trinajstić information content (AvgIpc) is 3.13.